The van der Waals surface area contributed by atoms with Crippen LogP contribution in [0.3, 0.4) is 0 Å². The molecule has 110 valence electrons. The Morgan fingerprint density at radius 3 is 2.30 bits per heavy atom. The van der Waals surface area contributed by atoms with E-state index in [4.69, 9.17) is 0 Å². The number of hydrogen-bond acceptors (Lipinski definition) is 0. The fraction of sp³-hybridized carbons (Fsp3) is 0.500. The zero-order chi connectivity index (χ0) is 14.8. The Hall–Kier alpha value is -1.30. The predicted molar refractivity (Wildman–Crippen MR) is 91.8 cm³/mol. The highest BCUT2D eigenvalue weighted by molar-refractivity contribution is 5.41. The highest BCUT2D eigenvalue weighted by Gasteiger charge is 2.35. The summed E-state index contributed by atoms with van der Waals surface area (Å²) in [7, 11) is 0. The molecule has 1 saturated carbocycles. The topological polar surface area (TPSA) is 0 Å². The van der Waals surface area contributed by atoms with Gasteiger partial charge in [0.25, 0.3) is 0 Å². The van der Waals surface area contributed by atoms with E-state index in [0.29, 0.717) is 0 Å². The smallest absolute Gasteiger partial charge is 0.0193 e. The summed E-state index contributed by atoms with van der Waals surface area (Å²) in [5.41, 5.74) is 2.88. The highest BCUT2D eigenvalue weighted by Crippen LogP contribution is 2.48. The Morgan fingerprint density at radius 1 is 1.05 bits per heavy atom. The summed E-state index contributed by atoms with van der Waals surface area (Å²) >= 11 is 0. The van der Waals surface area contributed by atoms with E-state index in [2.05, 4.69) is 63.0 Å². The molecule has 0 aromatic carbocycles. The minimum atomic E-state index is 0.163. The molecule has 0 amide bonds. The third kappa shape index (κ3) is 4.10. The number of rotatable bonds is 6. The molecule has 1 rings (SSSR count). The van der Waals surface area contributed by atoms with Crippen molar-refractivity contribution < 1.29 is 0 Å². The van der Waals surface area contributed by atoms with Crippen LogP contribution in [0.2, 0.25) is 0 Å². The van der Waals surface area contributed by atoms with Gasteiger partial charge in [-0.15, -0.1) is 0 Å². The molecule has 0 radical (unpaired) electrons. The van der Waals surface area contributed by atoms with E-state index in [9.17, 15) is 0 Å². The predicted octanol–water partition coefficient (Wildman–Crippen LogP) is 6.54. The molecule has 0 atom stereocenters. The van der Waals surface area contributed by atoms with Crippen LogP contribution < -0.4 is 0 Å². The Bertz CT molecular complexity index is 409. The second-order valence-corrected chi connectivity index (χ2v) is 5.61. The third-order valence-corrected chi connectivity index (χ3v) is 4.32. The summed E-state index contributed by atoms with van der Waals surface area (Å²) < 4.78 is 0. The van der Waals surface area contributed by atoms with Gasteiger partial charge in [-0.05, 0) is 44.3 Å². The van der Waals surface area contributed by atoms with Gasteiger partial charge < -0.3 is 0 Å². The van der Waals surface area contributed by atoms with Crippen LogP contribution in [0.15, 0.2) is 60.3 Å². The molecule has 1 aliphatic carbocycles. The Kier molecular flexibility index (Phi) is 7.36. The van der Waals surface area contributed by atoms with E-state index in [0.717, 1.165) is 6.42 Å². The van der Waals surface area contributed by atoms with Crippen molar-refractivity contribution in [2.45, 2.75) is 59.3 Å². The van der Waals surface area contributed by atoms with Crippen molar-refractivity contribution >= 4 is 0 Å². The summed E-state index contributed by atoms with van der Waals surface area (Å²) in [4.78, 5) is 0. The average molecular weight is 270 g/mol. The molecule has 0 saturated heterocycles. The van der Waals surface area contributed by atoms with Gasteiger partial charge in [-0.25, -0.2) is 0 Å². The van der Waals surface area contributed by atoms with Crippen molar-refractivity contribution in [3.63, 3.8) is 0 Å². The minimum absolute atomic E-state index is 0.163. The molecular weight excluding hydrogens is 240 g/mol. The second kappa shape index (κ2) is 8.79. The third-order valence-electron chi connectivity index (χ3n) is 4.32. The lowest BCUT2D eigenvalue weighted by atomic mass is 9.64. The van der Waals surface area contributed by atoms with E-state index in [-0.39, 0.29) is 5.41 Å². The number of hydrogen-bond donors (Lipinski definition) is 0. The lowest BCUT2D eigenvalue weighted by molar-refractivity contribution is 0.301. The molecular formula is C20H30. The van der Waals surface area contributed by atoms with Gasteiger partial charge in [0, 0.05) is 5.41 Å². The normalized spacial score (nSPS) is 20.2. The quantitative estimate of drug-likeness (QED) is 0.481. The summed E-state index contributed by atoms with van der Waals surface area (Å²) in [6.45, 7) is 10.8. The van der Waals surface area contributed by atoms with Crippen LogP contribution in [-0.4, -0.2) is 0 Å². The molecule has 0 bridgehead atoms. The molecule has 0 N–H and O–H groups in total. The maximum absolute atomic E-state index is 4.40. The molecule has 1 aliphatic rings. The molecule has 0 nitrogen and oxygen atoms in total. The van der Waals surface area contributed by atoms with E-state index < -0.39 is 0 Å². The van der Waals surface area contributed by atoms with Gasteiger partial charge in [0.05, 0.1) is 0 Å². The molecule has 0 heterocycles. The van der Waals surface area contributed by atoms with Crippen LogP contribution in [0.1, 0.15) is 59.3 Å². The fourth-order valence-corrected chi connectivity index (χ4v) is 3.17. The monoisotopic (exact) mass is 270 g/mol. The molecule has 0 heteroatoms. The lowest BCUT2D eigenvalue weighted by Crippen LogP contribution is -2.27. The molecule has 0 aliphatic heterocycles. The Balaban J connectivity index is 3.08. The van der Waals surface area contributed by atoms with Crippen molar-refractivity contribution in [1.82, 2.24) is 0 Å². The first-order valence-corrected chi connectivity index (χ1v) is 8.03. The van der Waals surface area contributed by atoms with Crippen molar-refractivity contribution in [2.75, 3.05) is 0 Å². The summed E-state index contributed by atoms with van der Waals surface area (Å²) in [6.07, 6.45) is 22.9. The average Bonchev–Trinajstić information content (AvgIpc) is 2.49. The largest absolute Gasteiger partial charge is 0.0949 e. The molecule has 1 fully saturated rings. The van der Waals surface area contributed by atoms with Gasteiger partial charge in [0.1, 0.15) is 0 Å². The standard InChI is InChI=1S/C20H30/c1-5-8-11-14-18(4)20(16-12-10-13-17-20)19(7-3)15-9-6-2/h5,7-9,11,14-15H,4,6,10,12-13,16-17H2,1-3H3/b8-5-,14-11-,15-9-,19-7+. The molecule has 0 aromatic rings. The van der Waals surface area contributed by atoms with Crippen LogP contribution in [0.4, 0.5) is 0 Å². The van der Waals surface area contributed by atoms with Crippen LogP contribution in [-0.2, 0) is 0 Å². The van der Waals surface area contributed by atoms with E-state index >= 15 is 0 Å². The van der Waals surface area contributed by atoms with Crippen LogP contribution in [0, 0.1) is 5.41 Å². The van der Waals surface area contributed by atoms with Crippen molar-refractivity contribution in [2.24, 2.45) is 5.41 Å². The first-order chi connectivity index (χ1) is 9.71. The first-order valence-electron chi connectivity index (χ1n) is 8.03. The summed E-state index contributed by atoms with van der Waals surface area (Å²) in [6, 6.07) is 0. The maximum Gasteiger partial charge on any atom is 0.0193 e. The second-order valence-electron chi connectivity index (χ2n) is 5.61. The Morgan fingerprint density at radius 2 is 1.75 bits per heavy atom. The van der Waals surface area contributed by atoms with Gasteiger partial charge in [-0.2, -0.15) is 0 Å². The first kappa shape index (κ1) is 16.8. The number of allylic oxidation sites excluding steroid dienone is 9. The van der Waals surface area contributed by atoms with E-state index in [1.54, 1.807) is 0 Å². The highest BCUT2D eigenvalue weighted by atomic mass is 14.4. The van der Waals surface area contributed by atoms with E-state index in [1.807, 2.05) is 6.92 Å². The van der Waals surface area contributed by atoms with E-state index in [1.165, 1.54) is 43.3 Å². The zero-order valence-electron chi connectivity index (χ0n) is 13.5. The molecule has 0 unspecified atom stereocenters. The van der Waals surface area contributed by atoms with Crippen LogP contribution >= 0.6 is 0 Å². The van der Waals surface area contributed by atoms with Crippen molar-refractivity contribution in [1.29, 1.82) is 0 Å². The minimum Gasteiger partial charge on any atom is -0.0949 e. The van der Waals surface area contributed by atoms with Crippen molar-refractivity contribution in [3.05, 3.63) is 60.3 Å². The SMILES string of the molecule is C=C(/C=C\C=C/C)C1(C(/C=C\CC)=C/C)CCCCC1. The van der Waals surface area contributed by atoms with Gasteiger partial charge in [0.2, 0.25) is 0 Å². The summed E-state index contributed by atoms with van der Waals surface area (Å²) in [5.74, 6) is 0. The van der Waals surface area contributed by atoms with Gasteiger partial charge in [-0.3, -0.25) is 0 Å². The lowest BCUT2D eigenvalue weighted by Gasteiger charge is -2.39. The van der Waals surface area contributed by atoms with Crippen LogP contribution in [0.25, 0.3) is 0 Å². The van der Waals surface area contributed by atoms with Gasteiger partial charge in [-0.1, -0.05) is 75.3 Å². The fourth-order valence-electron chi connectivity index (χ4n) is 3.17. The molecule has 0 spiro atoms. The van der Waals surface area contributed by atoms with Crippen molar-refractivity contribution in [3.8, 4) is 0 Å². The van der Waals surface area contributed by atoms with Gasteiger partial charge >= 0.3 is 0 Å². The Labute approximate surface area is 125 Å². The maximum atomic E-state index is 4.40. The summed E-state index contributed by atoms with van der Waals surface area (Å²) in [5, 5.41) is 0. The zero-order valence-corrected chi connectivity index (χ0v) is 13.5. The molecule has 20 heavy (non-hydrogen) atoms. The molecule has 0 aromatic heterocycles. The van der Waals surface area contributed by atoms with Gasteiger partial charge in [0.15, 0.2) is 0 Å². The van der Waals surface area contributed by atoms with Crippen LogP contribution in [0.5, 0.6) is 0 Å².